The fraction of sp³-hybridized carbons (Fsp3) is 0.190. The Hall–Kier alpha value is -3.79. The minimum absolute atomic E-state index is 0.213. The maximum atomic E-state index is 13.6. The highest BCUT2D eigenvalue weighted by molar-refractivity contribution is 6.32. The number of halogens is 2. The average molecular weight is 456 g/mol. The number of hydrogen-bond donors (Lipinski definition) is 1. The molecule has 2 aromatic carbocycles. The van der Waals surface area contributed by atoms with Gasteiger partial charge in [0.15, 0.2) is 0 Å². The van der Waals surface area contributed by atoms with Crippen molar-refractivity contribution in [2.45, 2.75) is 19.6 Å². The fourth-order valence-electron chi connectivity index (χ4n) is 2.99. The number of nitrogens with zero attached hydrogens (tertiary/aromatic N) is 6. The largest absolute Gasteiger partial charge is 0.495 e. The predicted molar refractivity (Wildman–Crippen MR) is 117 cm³/mol. The van der Waals surface area contributed by atoms with Crippen LogP contribution in [0.3, 0.4) is 0 Å². The van der Waals surface area contributed by atoms with E-state index in [-0.39, 0.29) is 6.10 Å². The van der Waals surface area contributed by atoms with Gasteiger partial charge in [0.2, 0.25) is 5.95 Å². The van der Waals surface area contributed by atoms with Crippen molar-refractivity contribution in [3.63, 3.8) is 0 Å². The van der Waals surface area contributed by atoms with Gasteiger partial charge in [-0.2, -0.15) is 0 Å². The van der Waals surface area contributed by atoms with Crippen molar-refractivity contribution < 1.29 is 13.9 Å². The minimum Gasteiger partial charge on any atom is -0.495 e. The van der Waals surface area contributed by atoms with Crippen molar-refractivity contribution in [2.75, 3.05) is 12.4 Å². The molecule has 0 aliphatic rings. The lowest BCUT2D eigenvalue weighted by atomic mass is 10.1. The summed E-state index contributed by atoms with van der Waals surface area (Å²) in [5.41, 5.74) is 2.02. The van der Waals surface area contributed by atoms with Crippen LogP contribution in [0.4, 0.5) is 16.0 Å². The van der Waals surface area contributed by atoms with Crippen LogP contribution in [0.25, 0.3) is 11.1 Å². The summed E-state index contributed by atoms with van der Waals surface area (Å²) in [4.78, 5) is 8.64. The topological polar surface area (TPSA) is 99.9 Å². The maximum absolute atomic E-state index is 13.6. The van der Waals surface area contributed by atoms with Crippen molar-refractivity contribution in [3.05, 3.63) is 66.0 Å². The third-order valence-electron chi connectivity index (χ3n) is 4.49. The average Bonchev–Trinajstić information content (AvgIpc) is 3.29. The molecule has 0 saturated heterocycles. The van der Waals surface area contributed by atoms with E-state index in [1.807, 2.05) is 19.1 Å². The standard InChI is InChI=1S/C21H19ClFN7O2/c1-13(11-30-12-26-28-29-30)32-20-7-14(3-5-17(20)22)15-9-24-21(25-10-15)27-18-8-16(23)4-6-19(18)31-2/h3-10,12-13H,11H2,1-2H3,(H,24,25,27)/t13-/m0/s1. The van der Waals surface area contributed by atoms with E-state index in [1.54, 1.807) is 23.1 Å². The maximum Gasteiger partial charge on any atom is 0.227 e. The van der Waals surface area contributed by atoms with Crippen LogP contribution < -0.4 is 14.8 Å². The zero-order valence-corrected chi connectivity index (χ0v) is 18.0. The van der Waals surface area contributed by atoms with E-state index in [4.69, 9.17) is 21.1 Å². The zero-order chi connectivity index (χ0) is 22.5. The van der Waals surface area contributed by atoms with E-state index in [0.29, 0.717) is 34.7 Å². The molecular formula is C21H19ClFN7O2. The van der Waals surface area contributed by atoms with Gasteiger partial charge in [-0.3, -0.25) is 0 Å². The zero-order valence-electron chi connectivity index (χ0n) is 17.2. The van der Waals surface area contributed by atoms with Crippen LogP contribution in [0.15, 0.2) is 55.1 Å². The van der Waals surface area contributed by atoms with Crippen LogP contribution in [-0.4, -0.2) is 43.4 Å². The van der Waals surface area contributed by atoms with Crippen LogP contribution in [0.1, 0.15) is 6.92 Å². The Labute approximate surface area is 188 Å². The molecule has 0 amide bonds. The second kappa shape index (κ2) is 9.56. The van der Waals surface area contributed by atoms with Gasteiger partial charge in [0.1, 0.15) is 29.7 Å². The quantitative estimate of drug-likeness (QED) is 0.423. The van der Waals surface area contributed by atoms with Gasteiger partial charge in [0.05, 0.1) is 24.4 Å². The molecule has 0 spiro atoms. The van der Waals surface area contributed by atoms with Gasteiger partial charge in [-0.1, -0.05) is 17.7 Å². The van der Waals surface area contributed by atoms with Crippen molar-refractivity contribution in [1.29, 1.82) is 0 Å². The van der Waals surface area contributed by atoms with Gasteiger partial charge in [-0.25, -0.2) is 19.0 Å². The lowest BCUT2D eigenvalue weighted by molar-refractivity contribution is 0.193. The Morgan fingerprint density at radius 2 is 1.91 bits per heavy atom. The van der Waals surface area contributed by atoms with Gasteiger partial charge < -0.3 is 14.8 Å². The molecule has 4 aromatic rings. The molecule has 9 nitrogen and oxygen atoms in total. The van der Waals surface area contributed by atoms with Crippen molar-refractivity contribution in [2.24, 2.45) is 0 Å². The SMILES string of the molecule is COc1ccc(F)cc1Nc1ncc(-c2ccc(Cl)c(O[C@@H](C)Cn3cnnn3)c2)cn1. The van der Waals surface area contributed by atoms with Crippen LogP contribution in [-0.2, 0) is 6.54 Å². The van der Waals surface area contributed by atoms with Crippen molar-refractivity contribution in [1.82, 2.24) is 30.2 Å². The summed E-state index contributed by atoms with van der Waals surface area (Å²) in [5.74, 6) is 0.914. The molecule has 4 rings (SSSR count). The first kappa shape index (κ1) is 21.4. The summed E-state index contributed by atoms with van der Waals surface area (Å²) >= 11 is 6.31. The lowest BCUT2D eigenvalue weighted by Crippen LogP contribution is -2.20. The first-order valence-corrected chi connectivity index (χ1v) is 9.99. The van der Waals surface area contributed by atoms with E-state index in [1.165, 1.54) is 31.6 Å². The number of ether oxygens (including phenoxy) is 2. The number of methoxy groups -OCH3 is 1. The Balaban J connectivity index is 1.49. The number of anilines is 2. The van der Waals surface area contributed by atoms with Crippen LogP contribution in [0, 0.1) is 5.82 Å². The molecule has 2 aromatic heterocycles. The molecule has 164 valence electrons. The monoisotopic (exact) mass is 455 g/mol. The highest BCUT2D eigenvalue weighted by Gasteiger charge is 2.12. The summed E-state index contributed by atoms with van der Waals surface area (Å²) in [6.07, 6.45) is 4.61. The van der Waals surface area contributed by atoms with E-state index in [2.05, 4.69) is 30.8 Å². The van der Waals surface area contributed by atoms with E-state index >= 15 is 0 Å². The second-order valence-corrected chi connectivity index (χ2v) is 7.28. The Bertz CT molecular complexity index is 1190. The number of rotatable bonds is 8. The molecule has 0 aliphatic carbocycles. The number of tetrazole rings is 1. The first-order valence-electron chi connectivity index (χ1n) is 9.62. The third-order valence-corrected chi connectivity index (χ3v) is 4.80. The van der Waals surface area contributed by atoms with Crippen LogP contribution in [0.2, 0.25) is 5.02 Å². The summed E-state index contributed by atoms with van der Waals surface area (Å²) in [6, 6.07) is 9.58. The van der Waals surface area contributed by atoms with Crippen molar-refractivity contribution in [3.8, 4) is 22.6 Å². The Morgan fingerprint density at radius 1 is 1.09 bits per heavy atom. The van der Waals surface area contributed by atoms with Crippen molar-refractivity contribution >= 4 is 23.2 Å². The van der Waals surface area contributed by atoms with Gasteiger partial charge in [-0.15, -0.1) is 5.10 Å². The molecular weight excluding hydrogens is 437 g/mol. The number of hydrogen-bond acceptors (Lipinski definition) is 8. The normalized spacial score (nSPS) is 11.8. The van der Waals surface area contributed by atoms with E-state index in [9.17, 15) is 4.39 Å². The highest BCUT2D eigenvalue weighted by Crippen LogP contribution is 2.32. The molecule has 2 heterocycles. The number of aromatic nitrogens is 6. The van der Waals surface area contributed by atoms with Gasteiger partial charge in [0, 0.05) is 24.0 Å². The fourth-order valence-corrected chi connectivity index (χ4v) is 3.16. The number of nitrogens with one attached hydrogen (secondary N) is 1. The van der Waals surface area contributed by atoms with Crippen LogP contribution in [0.5, 0.6) is 11.5 Å². The minimum atomic E-state index is -0.395. The number of benzene rings is 2. The molecule has 0 unspecified atom stereocenters. The molecule has 0 saturated carbocycles. The first-order chi connectivity index (χ1) is 15.5. The summed E-state index contributed by atoms with van der Waals surface area (Å²) in [7, 11) is 1.51. The van der Waals surface area contributed by atoms with E-state index in [0.717, 1.165) is 11.1 Å². The predicted octanol–water partition coefficient (Wildman–Crippen LogP) is 4.14. The molecule has 0 fully saturated rings. The lowest BCUT2D eigenvalue weighted by Gasteiger charge is -2.16. The highest BCUT2D eigenvalue weighted by atomic mass is 35.5. The second-order valence-electron chi connectivity index (χ2n) is 6.87. The molecule has 0 radical (unpaired) electrons. The summed E-state index contributed by atoms with van der Waals surface area (Å²) < 4.78 is 26.3. The molecule has 0 bridgehead atoms. The molecule has 0 aliphatic heterocycles. The molecule has 1 atom stereocenters. The van der Waals surface area contributed by atoms with E-state index < -0.39 is 5.82 Å². The summed E-state index contributed by atoms with van der Waals surface area (Å²) in [6.45, 7) is 2.37. The van der Waals surface area contributed by atoms with Gasteiger partial charge in [-0.05, 0) is 47.2 Å². The van der Waals surface area contributed by atoms with Crippen LogP contribution >= 0.6 is 11.6 Å². The molecule has 32 heavy (non-hydrogen) atoms. The summed E-state index contributed by atoms with van der Waals surface area (Å²) in [5, 5.41) is 14.5. The third kappa shape index (κ3) is 5.09. The Morgan fingerprint density at radius 3 is 2.62 bits per heavy atom. The van der Waals surface area contributed by atoms with Gasteiger partial charge in [0.25, 0.3) is 0 Å². The molecule has 11 heteroatoms. The molecule has 1 N–H and O–H groups in total. The van der Waals surface area contributed by atoms with Gasteiger partial charge >= 0.3 is 0 Å². The smallest absolute Gasteiger partial charge is 0.227 e. The Kier molecular flexibility index (Phi) is 6.41.